The Labute approximate surface area is 156 Å². The topological polar surface area (TPSA) is 102 Å². The predicted molar refractivity (Wildman–Crippen MR) is 98.2 cm³/mol. The van der Waals surface area contributed by atoms with E-state index in [4.69, 9.17) is 10.5 Å². The van der Waals surface area contributed by atoms with E-state index in [1.54, 1.807) is 32.9 Å². The summed E-state index contributed by atoms with van der Waals surface area (Å²) in [5.74, 6) is -0.383. The first-order chi connectivity index (χ1) is 12.1. The zero-order valence-electron chi connectivity index (χ0n) is 15.0. The summed E-state index contributed by atoms with van der Waals surface area (Å²) in [5.41, 5.74) is 4.17. The highest BCUT2D eigenvalue weighted by atomic mass is 32.2. The van der Waals surface area contributed by atoms with Crippen molar-refractivity contribution in [3.63, 3.8) is 0 Å². The smallest absolute Gasteiger partial charge is 0.408 e. The summed E-state index contributed by atoms with van der Waals surface area (Å²) < 4.78 is 5.37. The van der Waals surface area contributed by atoms with Gasteiger partial charge in [-0.1, -0.05) is 30.3 Å². The van der Waals surface area contributed by atoms with E-state index >= 15 is 0 Å². The van der Waals surface area contributed by atoms with E-state index in [9.17, 15) is 14.4 Å². The molecule has 2 heterocycles. The normalized spacial score (nSPS) is 28.0. The largest absolute Gasteiger partial charge is 0.444 e. The average Bonchev–Trinajstić information content (AvgIpc) is 3.06. The fourth-order valence-electron chi connectivity index (χ4n) is 3.40. The van der Waals surface area contributed by atoms with Gasteiger partial charge in [-0.2, -0.15) is 0 Å². The van der Waals surface area contributed by atoms with Crippen LogP contribution in [0.1, 0.15) is 32.8 Å². The number of hydrogen-bond donors (Lipinski definition) is 2. The molecule has 0 saturated carbocycles. The van der Waals surface area contributed by atoms with Gasteiger partial charge in [0.15, 0.2) is 5.54 Å². The van der Waals surface area contributed by atoms with Crippen molar-refractivity contribution in [2.75, 3.05) is 5.75 Å². The molecule has 0 unspecified atom stereocenters. The van der Waals surface area contributed by atoms with E-state index in [1.807, 2.05) is 18.2 Å². The average molecular weight is 377 g/mol. The molecule has 2 aliphatic rings. The summed E-state index contributed by atoms with van der Waals surface area (Å²) in [7, 11) is 0. The Kier molecular flexibility index (Phi) is 4.64. The number of carbonyl (C=O) groups excluding carboxylic acids is 3. The van der Waals surface area contributed by atoms with E-state index in [1.165, 1.54) is 16.7 Å². The van der Waals surface area contributed by atoms with Gasteiger partial charge in [0.25, 0.3) is 5.91 Å². The van der Waals surface area contributed by atoms with Crippen LogP contribution in [0.2, 0.25) is 0 Å². The van der Waals surface area contributed by atoms with Crippen molar-refractivity contribution in [2.45, 2.75) is 49.7 Å². The number of nitrogens with zero attached hydrogens (tertiary/aromatic N) is 1. The van der Waals surface area contributed by atoms with Crippen molar-refractivity contribution in [1.82, 2.24) is 10.2 Å². The maximum atomic E-state index is 13.4. The standard InChI is InChI=1S/C18H23N3O4S/c1-17(2,3)25-16(24)20-18(11-7-5-4-6-8-11)9-13-21(15(18)23)12(10-26-13)14(19)22/h4-8,12-13H,9-10H2,1-3H3,(H2,19,22)(H,20,24)/t12-,13-,18-/m0/s1. The Morgan fingerprint density at radius 3 is 2.54 bits per heavy atom. The minimum Gasteiger partial charge on any atom is -0.444 e. The van der Waals surface area contributed by atoms with Crippen LogP contribution in [0.3, 0.4) is 0 Å². The van der Waals surface area contributed by atoms with Crippen molar-refractivity contribution in [1.29, 1.82) is 0 Å². The fourth-order valence-corrected chi connectivity index (χ4v) is 4.90. The summed E-state index contributed by atoms with van der Waals surface area (Å²) in [4.78, 5) is 39.1. The molecule has 0 aliphatic carbocycles. The van der Waals surface area contributed by atoms with Crippen LogP contribution < -0.4 is 11.1 Å². The Morgan fingerprint density at radius 1 is 1.31 bits per heavy atom. The number of rotatable bonds is 3. The van der Waals surface area contributed by atoms with Crippen LogP contribution in [-0.2, 0) is 19.9 Å². The van der Waals surface area contributed by atoms with Crippen molar-refractivity contribution in [2.24, 2.45) is 5.73 Å². The van der Waals surface area contributed by atoms with Crippen LogP contribution >= 0.6 is 11.8 Å². The first kappa shape index (κ1) is 18.6. The number of hydrogen-bond acceptors (Lipinski definition) is 5. The molecular weight excluding hydrogens is 354 g/mol. The van der Waals surface area contributed by atoms with Gasteiger partial charge in [-0.05, 0) is 26.3 Å². The van der Waals surface area contributed by atoms with Gasteiger partial charge in [-0.25, -0.2) is 4.79 Å². The lowest BCUT2D eigenvalue weighted by atomic mass is 9.88. The summed E-state index contributed by atoms with van der Waals surface area (Å²) in [6, 6.07) is 8.38. The second-order valence-corrected chi connectivity index (χ2v) is 8.73. The molecule has 1 aromatic rings. The third kappa shape index (κ3) is 3.25. The number of fused-ring (bicyclic) bond motifs is 1. The highest BCUT2D eigenvalue weighted by molar-refractivity contribution is 8.00. The molecule has 0 aromatic heterocycles. The van der Waals surface area contributed by atoms with Crippen LogP contribution in [0.25, 0.3) is 0 Å². The number of nitrogens with two attached hydrogens (primary N) is 1. The molecule has 7 nitrogen and oxygen atoms in total. The number of nitrogens with one attached hydrogen (secondary N) is 1. The first-order valence-corrected chi connectivity index (χ1v) is 9.49. The summed E-state index contributed by atoms with van der Waals surface area (Å²) in [6.07, 6.45) is -0.319. The van der Waals surface area contributed by atoms with E-state index in [0.29, 0.717) is 17.7 Å². The van der Waals surface area contributed by atoms with E-state index in [0.717, 1.165) is 0 Å². The van der Waals surface area contributed by atoms with Gasteiger partial charge in [0.2, 0.25) is 5.91 Å². The van der Waals surface area contributed by atoms with Crippen molar-refractivity contribution in [3.05, 3.63) is 35.9 Å². The molecule has 0 bridgehead atoms. The Balaban J connectivity index is 1.97. The van der Waals surface area contributed by atoms with Gasteiger partial charge in [0, 0.05) is 12.2 Å². The van der Waals surface area contributed by atoms with Crippen LogP contribution in [0.15, 0.2) is 30.3 Å². The molecule has 3 amide bonds. The van der Waals surface area contributed by atoms with Gasteiger partial charge in [-0.15, -0.1) is 11.8 Å². The third-order valence-corrected chi connectivity index (χ3v) is 5.77. The second kappa shape index (κ2) is 6.50. The van der Waals surface area contributed by atoms with Gasteiger partial charge in [0.05, 0.1) is 5.37 Å². The van der Waals surface area contributed by atoms with E-state index < -0.39 is 29.2 Å². The van der Waals surface area contributed by atoms with Crippen LogP contribution in [-0.4, -0.2) is 45.6 Å². The molecular formula is C18H23N3O4S. The number of alkyl carbamates (subject to hydrolysis) is 1. The molecule has 1 aromatic carbocycles. The van der Waals surface area contributed by atoms with Gasteiger partial charge in [-0.3, -0.25) is 9.59 Å². The SMILES string of the molecule is CC(C)(C)OC(=O)N[C@]1(c2ccccc2)C[C@@H]2SC[C@@H](C(N)=O)N2C1=O. The lowest BCUT2D eigenvalue weighted by molar-refractivity contribution is -0.139. The molecule has 2 aliphatic heterocycles. The lowest BCUT2D eigenvalue weighted by Crippen LogP contribution is -2.55. The predicted octanol–water partition coefficient (Wildman–Crippen LogP) is 1.57. The number of carbonyl (C=O) groups is 3. The Hall–Kier alpha value is -2.22. The summed E-state index contributed by atoms with van der Waals surface area (Å²) >= 11 is 1.50. The summed E-state index contributed by atoms with van der Waals surface area (Å²) in [5, 5.41) is 2.57. The molecule has 26 heavy (non-hydrogen) atoms. The highest BCUT2D eigenvalue weighted by Gasteiger charge is 2.59. The molecule has 2 saturated heterocycles. The second-order valence-electron chi connectivity index (χ2n) is 7.52. The Bertz CT molecular complexity index is 734. The van der Waals surface area contributed by atoms with Crippen molar-refractivity contribution < 1.29 is 19.1 Å². The van der Waals surface area contributed by atoms with Crippen LogP contribution in [0, 0.1) is 0 Å². The molecule has 140 valence electrons. The molecule has 3 atom stereocenters. The van der Waals surface area contributed by atoms with Gasteiger partial charge >= 0.3 is 6.09 Å². The van der Waals surface area contributed by atoms with Crippen LogP contribution in [0.4, 0.5) is 4.79 Å². The minimum atomic E-state index is -1.27. The number of benzene rings is 1. The zero-order chi connectivity index (χ0) is 19.1. The number of ether oxygens (including phenoxy) is 1. The molecule has 3 N–H and O–H groups in total. The molecule has 0 spiro atoms. The molecule has 0 radical (unpaired) electrons. The number of primary amides is 1. The fraction of sp³-hybridized carbons (Fsp3) is 0.500. The van der Waals surface area contributed by atoms with Crippen molar-refractivity contribution >= 4 is 29.7 Å². The Morgan fingerprint density at radius 2 is 1.96 bits per heavy atom. The molecule has 2 fully saturated rings. The first-order valence-electron chi connectivity index (χ1n) is 8.44. The van der Waals surface area contributed by atoms with Crippen LogP contribution in [0.5, 0.6) is 0 Å². The maximum Gasteiger partial charge on any atom is 0.408 e. The summed E-state index contributed by atoms with van der Waals surface area (Å²) in [6.45, 7) is 5.28. The van der Waals surface area contributed by atoms with Gasteiger partial charge in [0.1, 0.15) is 11.6 Å². The zero-order valence-corrected chi connectivity index (χ0v) is 15.8. The quantitative estimate of drug-likeness (QED) is 0.832. The highest BCUT2D eigenvalue weighted by Crippen LogP contribution is 2.46. The maximum absolute atomic E-state index is 13.4. The molecule has 8 heteroatoms. The minimum absolute atomic E-state index is 0.213. The molecule has 3 rings (SSSR count). The third-order valence-electron chi connectivity index (χ3n) is 4.48. The van der Waals surface area contributed by atoms with Crippen molar-refractivity contribution in [3.8, 4) is 0 Å². The monoisotopic (exact) mass is 377 g/mol. The van der Waals surface area contributed by atoms with E-state index in [-0.39, 0.29) is 11.3 Å². The lowest BCUT2D eigenvalue weighted by Gasteiger charge is -2.31. The number of thioether (sulfide) groups is 1. The van der Waals surface area contributed by atoms with Gasteiger partial charge < -0.3 is 20.7 Å². The van der Waals surface area contributed by atoms with E-state index in [2.05, 4.69) is 5.32 Å². The number of amides is 3.